The van der Waals surface area contributed by atoms with Gasteiger partial charge >= 0.3 is 5.97 Å². The quantitative estimate of drug-likeness (QED) is 0.534. The van der Waals surface area contributed by atoms with Crippen molar-refractivity contribution < 1.29 is 14.3 Å². The van der Waals surface area contributed by atoms with Gasteiger partial charge in [0.2, 0.25) is 0 Å². The normalized spacial score (nSPS) is 10.3. The Hall–Kier alpha value is -1.58. The van der Waals surface area contributed by atoms with Crippen molar-refractivity contribution in [2.75, 3.05) is 6.61 Å². The third-order valence-corrected chi connectivity index (χ3v) is 2.93. The highest BCUT2D eigenvalue weighted by Gasteiger charge is 2.07. The second-order valence-corrected chi connectivity index (χ2v) is 4.57. The summed E-state index contributed by atoms with van der Waals surface area (Å²) in [7, 11) is 0. The standard InChI is InChI=1S/C15H23NO3/c1-4-5-6-7-10-18-15-8-9-16-14(12(15)2)11-19-13(3)17/h8-9H,4-7,10-11H2,1-3H3. The molecule has 0 bridgehead atoms. The van der Waals surface area contributed by atoms with Crippen LogP contribution in [0.5, 0.6) is 5.75 Å². The van der Waals surface area contributed by atoms with Crippen molar-refractivity contribution in [3.63, 3.8) is 0 Å². The summed E-state index contributed by atoms with van der Waals surface area (Å²) >= 11 is 0. The summed E-state index contributed by atoms with van der Waals surface area (Å²) in [5.74, 6) is 0.528. The van der Waals surface area contributed by atoms with E-state index in [1.54, 1.807) is 6.20 Å². The summed E-state index contributed by atoms with van der Waals surface area (Å²) in [6.45, 7) is 6.44. The molecule has 1 heterocycles. The SMILES string of the molecule is CCCCCCOc1ccnc(COC(C)=O)c1C. The molecule has 19 heavy (non-hydrogen) atoms. The van der Waals surface area contributed by atoms with E-state index >= 15 is 0 Å². The highest BCUT2D eigenvalue weighted by Crippen LogP contribution is 2.20. The van der Waals surface area contributed by atoms with Gasteiger partial charge in [0.15, 0.2) is 0 Å². The summed E-state index contributed by atoms with van der Waals surface area (Å²) in [6.07, 6.45) is 6.42. The molecule has 0 spiro atoms. The minimum Gasteiger partial charge on any atom is -0.493 e. The zero-order chi connectivity index (χ0) is 14.1. The van der Waals surface area contributed by atoms with Crippen molar-refractivity contribution in [3.05, 3.63) is 23.5 Å². The van der Waals surface area contributed by atoms with E-state index in [1.165, 1.54) is 26.2 Å². The number of ether oxygens (including phenoxy) is 2. The van der Waals surface area contributed by atoms with Gasteiger partial charge in [-0.15, -0.1) is 0 Å². The molecule has 1 aromatic heterocycles. The summed E-state index contributed by atoms with van der Waals surface area (Å²) in [4.78, 5) is 15.0. The Morgan fingerprint density at radius 2 is 2.11 bits per heavy atom. The fraction of sp³-hybridized carbons (Fsp3) is 0.600. The Bertz CT molecular complexity index is 404. The first-order valence-electron chi connectivity index (χ1n) is 6.85. The van der Waals surface area contributed by atoms with E-state index in [0.717, 1.165) is 30.0 Å². The maximum atomic E-state index is 10.8. The summed E-state index contributed by atoms with van der Waals surface area (Å²) in [5, 5.41) is 0. The first kappa shape index (κ1) is 15.5. The van der Waals surface area contributed by atoms with E-state index in [0.29, 0.717) is 0 Å². The fourth-order valence-corrected chi connectivity index (χ4v) is 1.74. The number of nitrogens with zero attached hydrogens (tertiary/aromatic N) is 1. The van der Waals surface area contributed by atoms with Gasteiger partial charge in [0.05, 0.1) is 12.3 Å². The van der Waals surface area contributed by atoms with Crippen molar-refractivity contribution in [1.29, 1.82) is 0 Å². The van der Waals surface area contributed by atoms with Crippen molar-refractivity contribution in [3.8, 4) is 5.75 Å². The number of pyridine rings is 1. The van der Waals surface area contributed by atoms with E-state index in [9.17, 15) is 4.79 Å². The lowest BCUT2D eigenvalue weighted by molar-refractivity contribution is -0.142. The molecule has 1 aromatic rings. The van der Waals surface area contributed by atoms with Gasteiger partial charge in [-0.25, -0.2) is 0 Å². The first-order chi connectivity index (χ1) is 9.15. The Balaban J connectivity index is 2.49. The summed E-state index contributed by atoms with van der Waals surface area (Å²) < 4.78 is 10.7. The highest BCUT2D eigenvalue weighted by molar-refractivity contribution is 5.65. The Kier molecular flexibility index (Phi) is 6.93. The van der Waals surface area contributed by atoms with Gasteiger partial charge < -0.3 is 9.47 Å². The number of hydrogen-bond acceptors (Lipinski definition) is 4. The Morgan fingerprint density at radius 1 is 1.32 bits per heavy atom. The number of hydrogen-bond donors (Lipinski definition) is 0. The molecule has 0 aliphatic rings. The fourth-order valence-electron chi connectivity index (χ4n) is 1.74. The van der Waals surface area contributed by atoms with Crippen molar-refractivity contribution in [2.45, 2.75) is 53.1 Å². The third kappa shape index (κ3) is 5.73. The number of carbonyl (C=O) groups is 1. The van der Waals surface area contributed by atoms with E-state index < -0.39 is 0 Å². The molecule has 0 aliphatic carbocycles. The average Bonchev–Trinajstić information content (AvgIpc) is 2.38. The second-order valence-electron chi connectivity index (χ2n) is 4.57. The molecule has 0 fully saturated rings. The van der Waals surface area contributed by atoms with Gasteiger partial charge in [-0.3, -0.25) is 9.78 Å². The molecular formula is C15H23NO3. The van der Waals surface area contributed by atoms with Crippen LogP contribution < -0.4 is 4.74 Å². The van der Waals surface area contributed by atoms with Gasteiger partial charge in [0.1, 0.15) is 12.4 Å². The summed E-state index contributed by atoms with van der Waals surface area (Å²) in [6, 6.07) is 1.85. The lowest BCUT2D eigenvalue weighted by Crippen LogP contribution is -2.05. The molecular weight excluding hydrogens is 242 g/mol. The lowest BCUT2D eigenvalue weighted by Gasteiger charge is -2.11. The molecule has 0 radical (unpaired) electrons. The molecule has 0 N–H and O–H groups in total. The third-order valence-electron chi connectivity index (χ3n) is 2.93. The van der Waals surface area contributed by atoms with Crippen LogP contribution in [0, 0.1) is 6.92 Å². The Labute approximate surface area is 115 Å². The van der Waals surface area contributed by atoms with Crippen LogP contribution in [0.1, 0.15) is 50.8 Å². The lowest BCUT2D eigenvalue weighted by atomic mass is 10.2. The van der Waals surface area contributed by atoms with E-state index in [-0.39, 0.29) is 12.6 Å². The van der Waals surface area contributed by atoms with Crippen molar-refractivity contribution in [1.82, 2.24) is 4.98 Å². The number of aromatic nitrogens is 1. The highest BCUT2D eigenvalue weighted by atomic mass is 16.5. The topological polar surface area (TPSA) is 48.4 Å². The van der Waals surface area contributed by atoms with Gasteiger partial charge in [0, 0.05) is 18.7 Å². The minimum atomic E-state index is -0.299. The number of rotatable bonds is 8. The molecule has 106 valence electrons. The summed E-state index contributed by atoms with van der Waals surface area (Å²) in [5.41, 5.74) is 1.69. The molecule has 0 unspecified atom stereocenters. The molecule has 0 aromatic carbocycles. The molecule has 4 heteroatoms. The molecule has 0 amide bonds. The number of unbranched alkanes of at least 4 members (excludes halogenated alkanes) is 3. The number of carbonyl (C=O) groups excluding carboxylic acids is 1. The molecule has 0 aliphatic heterocycles. The van der Waals surface area contributed by atoms with Crippen molar-refractivity contribution in [2.24, 2.45) is 0 Å². The Morgan fingerprint density at radius 3 is 2.79 bits per heavy atom. The van der Waals surface area contributed by atoms with Gasteiger partial charge in [0.25, 0.3) is 0 Å². The van der Waals surface area contributed by atoms with Crippen LogP contribution in [0.4, 0.5) is 0 Å². The predicted octanol–water partition coefficient (Wildman–Crippen LogP) is 3.41. The van der Waals surface area contributed by atoms with E-state index in [2.05, 4.69) is 11.9 Å². The van der Waals surface area contributed by atoms with Gasteiger partial charge in [-0.1, -0.05) is 26.2 Å². The zero-order valence-electron chi connectivity index (χ0n) is 12.1. The molecule has 0 saturated heterocycles. The molecule has 0 atom stereocenters. The monoisotopic (exact) mass is 265 g/mol. The van der Waals surface area contributed by atoms with E-state index in [4.69, 9.17) is 9.47 Å². The van der Waals surface area contributed by atoms with Crippen LogP contribution in [-0.2, 0) is 16.1 Å². The van der Waals surface area contributed by atoms with Gasteiger partial charge in [-0.2, -0.15) is 0 Å². The molecule has 0 saturated carbocycles. The van der Waals surface area contributed by atoms with E-state index in [1.807, 2.05) is 13.0 Å². The number of esters is 1. The van der Waals surface area contributed by atoms with Crippen LogP contribution in [0.3, 0.4) is 0 Å². The minimum absolute atomic E-state index is 0.203. The van der Waals surface area contributed by atoms with Crippen molar-refractivity contribution >= 4 is 5.97 Å². The van der Waals surface area contributed by atoms with Crippen LogP contribution in [0.2, 0.25) is 0 Å². The van der Waals surface area contributed by atoms with Gasteiger partial charge in [-0.05, 0) is 19.4 Å². The zero-order valence-corrected chi connectivity index (χ0v) is 12.1. The van der Waals surface area contributed by atoms with Crippen LogP contribution in [-0.4, -0.2) is 17.6 Å². The maximum Gasteiger partial charge on any atom is 0.303 e. The second kappa shape index (κ2) is 8.51. The molecule has 1 rings (SSSR count). The van der Waals surface area contributed by atoms with Crippen LogP contribution in [0.25, 0.3) is 0 Å². The first-order valence-corrected chi connectivity index (χ1v) is 6.85. The largest absolute Gasteiger partial charge is 0.493 e. The predicted molar refractivity (Wildman–Crippen MR) is 74.1 cm³/mol. The van der Waals surface area contributed by atoms with Crippen LogP contribution in [0.15, 0.2) is 12.3 Å². The maximum absolute atomic E-state index is 10.8. The smallest absolute Gasteiger partial charge is 0.303 e. The molecule has 4 nitrogen and oxygen atoms in total. The average molecular weight is 265 g/mol. The van der Waals surface area contributed by atoms with Crippen LogP contribution >= 0.6 is 0 Å².